The molecule has 0 radical (unpaired) electrons. The molecule has 1 aliphatic rings. The van der Waals surface area contributed by atoms with Gasteiger partial charge in [0.1, 0.15) is 6.04 Å². The zero-order chi connectivity index (χ0) is 18.1. The summed E-state index contributed by atoms with van der Waals surface area (Å²) in [4.78, 5) is 1.34. The quantitative estimate of drug-likeness (QED) is 0.602. The Kier molecular flexibility index (Phi) is 4.33. The minimum atomic E-state index is 0.140. The van der Waals surface area contributed by atoms with Gasteiger partial charge >= 0.3 is 0 Å². The van der Waals surface area contributed by atoms with E-state index in [1.807, 2.05) is 0 Å². The number of hydrogen-bond acceptors (Lipinski definition) is 3. The second-order valence-corrected chi connectivity index (χ2v) is 8.67. The molecular formula is C23H24N2S. The molecule has 2 heterocycles. The van der Waals surface area contributed by atoms with Gasteiger partial charge in [0, 0.05) is 4.88 Å². The first-order chi connectivity index (χ1) is 12.5. The van der Waals surface area contributed by atoms with Crippen LogP contribution >= 0.6 is 11.3 Å². The summed E-state index contributed by atoms with van der Waals surface area (Å²) >= 11 is 1.80. The summed E-state index contributed by atoms with van der Waals surface area (Å²) in [6.07, 6.45) is 2.33. The van der Waals surface area contributed by atoms with Crippen LogP contribution in [0.3, 0.4) is 0 Å². The number of para-hydroxylation sites is 1. The highest BCUT2D eigenvalue weighted by Crippen LogP contribution is 2.37. The van der Waals surface area contributed by atoms with Crippen LogP contribution < -0.4 is 10.4 Å². The summed E-state index contributed by atoms with van der Waals surface area (Å²) in [5, 5.41) is 4.40. The third-order valence-corrected chi connectivity index (χ3v) is 5.70. The maximum absolute atomic E-state index is 3.64. The van der Waals surface area contributed by atoms with E-state index in [0.717, 1.165) is 0 Å². The zero-order valence-electron chi connectivity index (χ0n) is 15.4. The zero-order valence-corrected chi connectivity index (χ0v) is 16.3. The Balaban J connectivity index is 1.73. The van der Waals surface area contributed by atoms with Crippen molar-refractivity contribution in [3.05, 3.63) is 94.2 Å². The lowest BCUT2D eigenvalue weighted by Gasteiger charge is -2.27. The molecule has 0 saturated carbocycles. The van der Waals surface area contributed by atoms with Gasteiger partial charge in [-0.15, -0.1) is 11.3 Å². The van der Waals surface area contributed by atoms with Crippen LogP contribution in [0.4, 0.5) is 5.69 Å². The molecule has 1 aromatic heterocycles. The highest BCUT2D eigenvalue weighted by atomic mass is 32.1. The molecule has 0 fully saturated rings. The summed E-state index contributed by atoms with van der Waals surface area (Å²) < 4.78 is 0. The van der Waals surface area contributed by atoms with Crippen molar-refractivity contribution >= 4 is 22.7 Å². The Labute approximate surface area is 159 Å². The van der Waals surface area contributed by atoms with Crippen LogP contribution in [0, 0.1) is 0 Å². The molecule has 1 unspecified atom stereocenters. The Hall–Kier alpha value is -2.52. The lowest BCUT2D eigenvalue weighted by molar-refractivity contribution is 0.590. The molecule has 3 aromatic rings. The average molecular weight is 361 g/mol. The fraction of sp³-hybridized carbons (Fsp3) is 0.217. The molecule has 0 bridgehead atoms. The number of anilines is 1. The number of hydrazine groups is 1. The lowest BCUT2D eigenvalue weighted by atomic mass is 9.86. The van der Waals surface area contributed by atoms with E-state index in [1.54, 1.807) is 11.3 Å². The first kappa shape index (κ1) is 16.9. The largest absolute Gasteiger partial charge is 0.297 e. The summed E-state index contributed by atoms with van der Waals surface area (Å²) in [6, 6.07) is 23.9. The van der Waals surface area contributed by atoms with E-state index in [2.05, 4.69) is 109 Å². The first-order valence-corrected chi connectivity index (χ1v) is 9.87. The van der Waals surface area contributed by atoms with Gasteiger partial charge in [-0.2, -0.15) is 0 Å². The van der Waals surface area contributed by atoms with E-state index in [0.29, 0.717) is 0 Å². The highest BCUT2D eigenvalue weighted by molar-refractivity contribution is 7.10. The number of benzene rings is 2. The Bertz CT molecular complexity index is 905. The molecule has 26 heavy (non-hydrogen) atoms. The van der Waals surface area contributed by atoms with Crippen LogP contribution in [0.15, 0.2) is 78.2 Å². The molecule has 0 spiro atoms. The van der Waals surface area contributed by atoms with E-state index in [1.165, 1.54) is 27.4 Å². The lowest BCUT2D eigenvalue weighted by Crippen LogP contribution is -2.33. The standard InChI is InChI=1S/C23H24N2S/c1-23(2,3)18-10-7-9-17(15-18)20-16-21(22-13-8-14-26-22)25(24-20)19-11-5-4-6-12-19/h4-16,21,24H,1-3H3. The molecule has 0 amide bonds. The van der Waals surface area contributed by atoms with Crippen LogP contribution in [-0.2, 0) is 5.41 Å². The predicted octanol–water partition coefficient (Wildman–Crippen LogP) is 6.15. The number of nitrogens with one attached hydrogen (secondary N) is 1. The Morgan fingerprint density at radius 2 is 1.73 bits per heavy atom. The smallest absolute Gasteiger partial charge is 0.105 e. The SMILES string of the molecule is CC(C)(C)c1cccc(C2=CC(c3cccs3)N(c3ccccc3)N2)c1. The van der Waals surface area contributed by atoms with Crippen LogP contribution in [-0.4, -0.2) is 0 Å². The average Bonchev–Trinajstić information content (AvgIpc) is 3.31. The number of thiophene rings is 1. The van der Waals surface area contributed by atoms with Crippen LogP contribution in [0.25, 0.3) is 5.70 Å². The van der Waals surface area contributed by atoms with Crippen molar-refractivity contribution in [2.75, 3.05) is 5.01 Å². The second kappa shape index (κ2) is 6.65. The first-order valence-electron chi connectivity index (χ1n) is 8.99. The third kappa shape index (κ3) is 3.27. The summed E-state index contributed by atoms with van der Waals surface area (Å²) in [6.45, 7) is 6.77. The molecule has 0 saturated heterocycles. The van der Waals surface area contributed by atoms with E-state index in [4.69, 9.17) is 0 Å². The van der Waals surface area contributed by atoms with Crippen molar-refractivity contribution in [3.8, 4) is 0 Å². The number of rotatable bonds is 3. The van der Waals surface area contributed by atoms with E-state index >= 15 is 0 Å². The molecule has 2 nitrogen and oxygen atoms in total. The van der Waals surface area contributed by atoms with Gasteiger partial charge in [-0.3, -0.25) is 10.4 Å². The van der Waals surface area contributed by atoms with E-state index in [-0.39, 0.29) is 11.5 Å². The van der Waals surface area contributed by atoms with Crippen molar-refractivity contribution < 1.29 is 0 Å². The number of nitrogens with zero attached hydrogens (tertiary/aromatic N) is 1. The third-order valence-electron chi connectivity index (χ3n) is 4.75. The monoisotopic (exact) mass is 360 g/mol. The maximum Gasteiger partial charge on any atom is 0.105 e. The minimum Gasteiger partial charge on any atom is -0.297 e. The molecule has 132 valence electrons. The van der Waals surface area contributed by atoms with Crippen molar-refractivity contribution in [1.82, 2.24) is 5.43 Å². The molecule has 1 atom stereocenters. The van der Waals surface area contributed by atoms with Crippen molar-refractivity contribution in [1.29, 1.82) is 0 Å². The van der Waals surface area contributed by atoms with Crippen LogP contribution in [0.5, 0.6) is 0 Å². The molecule has 4 rings (SSSR count). The van der Waals surface area contributed by atoms with Crippen molar-refractivity contribution in [2.24, 2.45) is 0 Å². The summed E-state index contributed by atoms with van der Waals surface area (Å²) in [5.74, 6) is 0. The molecule has 3 heteroatoms. The van der Waals surface area contributed by atoms with Gasteiger partial charge in [0.15, 0.2) is 0 Å². The molecule has 1 N–H and O–H groups in total. The van der Waals surface area contributed by atoms with Gasteiger partial charge in [0.2, 0.25) is 0 Å². The molecule has 2 aromatic carbocycles. The second-order valence-electron chi connectivity index (χ2n) is 7.69. The molecular weight excluding hydrogens is 336 g/mol. The summed E-state index contributed by atoms with van der Waals surface area (Å²) in [5.41, 5.74) is 8.70. The minimum absolute atomic E-state index is 0.140. The maximum atomic E-state index is 3.64. The van der Waals surface area contributed by atoms with E-state index in [9.17, 15) is 0 Å². The van der Waals surface area contributed by atoms with Gasteiger partial charge in [-0.05, 0) is 52.3 Å². The molecule has 0 aliphatic carbocycles. The van der Waals surface area contributed by atoms with Gasteiger partial charge in [0.05, 0.1) is 11.4 Å². The van der Waals surface area contributed by atoms with E-state index < -0.39 is 0 Å². The van der Waals surface area contributed by atoms with Crippen molar-refractivity contribution in [2.45, 2.75) is 32.2 Å². The number of hydrogen-bond donors (Lipinski definition) is 1. The molecule has 1 aliphatic heterocycles. The normalized spacial score (nSPS) is 17.1. The predicted molar refractivity (Wildman–Crippen MR) is 112 cm³/mol. The topological polar surface area (TPSA) is 15.3 Å². The Morgan fingerprint density at radius 3 is 2.42 bits per heavy atom. The highest BCUT2D eigenvalue weighted by Gasteiger charge is 2.28. The summed E-state index contributed by atoms with van der Waals surface area (Å²) in [7, 11) is 0. The van der Waals surface area contributed by atoms with Crippen LogP contribution in [0.2, 0.25) is 0 Å². The Morgan fingerprint density at radius 1 is 0.923 bits per heavy atom. The van der Waals surface area contributed by atoms with Crippen LogP contribution in [0.1, 0.15) is 42.8 Å². The van der Waals surface area contributed by atoms with Gasteiger partial charge in [-0.1, -0.05) is 63.2 Å². The van der Waals surface area contributed by atoms with Crippen molar-refractivity contribution in [3.63, 3.8) is 0 Å². The van der Waals surface area contributed by atoms with Gasteiger partial charge in [-0.25, -0.2) is 0 Å². The fourth-order valence-electron chi connectivity index (χ4n) is 3.27. The fourth-order valence-corrected chi connectivity index (χ4v) is 4.05. The van der Waals surface area contributed by atoms with Gasteiger partial charge < -0.3 is 0 Å². The van der Waals surface area contributed by atoms with Gasteiger partial charge in [0.25, 0.3) is 0 Å².